The lowest BCUT2D eigenvalue weighted by Crippen LogP contribution is -2.38. The fraction of sp³-hybridized carbons (Fsp3) is 0.429. The summed E-state index contributed by atoms with van der Waals surface area (Å²) < 4.78 is 13.2. The smallest absolute Gasteiger partial charge is 0.321 e. The summed E-state index contributed by atoms with van der Waals surface area (Å²) in [5, 5.41) is 18.2. The van der Waals surface area contributed by atoms with E-state index in [-0.39, 0.29) is 5.92 Å². The second-order valence-corrected chi connectivity index (χ2v) is 4.93. The van der Waals surface area contributed by atoms with Crippen molar-refractivity contribution in [3.05, 3.63) is 35.1 Å². The van der Waals surface area contributed by atoms with E-state index in [0.717, 1.165) is 6.42 Å². The number of nitrogens with zero attached hydrogens (tertiary/aromatic N) is 2. The van der Waals surface area contributed by atoms with E-state index in [2.05, 4.69) is 0 Å². The minimum absolute atomic E-state index is 0.0663. The van der Waals surface area contributed by atoms with Gasteiger partial charge in [0.15, 0.2) is 0 Å². The number of rotatable bonds is 3. The van der Waals surface area contributed by atoms with Crippen molar-refractivity contribution in [1.29, 1.82) is 5.26 Å². The number of carboxylic acid groups (broad SMARTS) is 1. The van der Waals surface area contributed by atoms with E-state index < -0.39 is 17.8 Å². The van der Waals surface area contributed by atoms with Gasteiger partial charge in [0.2, 0.25) is 0 Å². The first-order chi connectivity index (χ1) is 9.02. The van der Waals surface area contributed by atoms with Crippen LogP contribution in [-0.4, -0.2) is 28.6 Å². The molecule has 2 rings (SSSR count). The van der Waals surface area contributed by atoms with Crippen LogP contribution in [-0.2, 0) is 11.3 Å². The highest BCUT2D eigenvalue weighted by Crippen LogP contribution is 2.26. The molecule has 4 nitrogen and oxygen atoms in total. The van der Waals surface area contributed by atoms with Crippen molar-refractivity contribution in [3.63, 3.8) is 0 Å². The zero-order valence-corrected chi connectivity index (χ0v) is 10.6. The molecular weight excluding hydrogens is 247 g/mol. The van der Waals surface area contributed by atoms with Crippen LogP contribution in [0.25, 0.3) is 0 Å². The van der Waals surface area contributed by atoms with Gasteiger partial charge >= 0.3 is 5.97 Å². The molecule has 0 amide bonds. The standard InChI is InChI=1S/C14H15FN2O2/c1-9-4-5-17(13(9)14(18)19)8-11-6-12(15)3-2-10(11)7-16/h2-3,6,9,13H,4-5,8H2,1H3,(H,18,19). The highest BCUT2D eigenvalue weighted by Gasteiger charge is 2.36. The third-order valence-corrected chi connectivity index (χ3v) is 3.62. The van der Waals surface area contributed by atoms with Crippen LogP contribution in [0.15, 0.2) is 18.2 Å². The van der Waals surface area contributed by atoms with Crippen LogP contribution in [0.4, 0.5) is 4.39 Å². The molecule has 1 heterocycles. The van der Waals surface area contributed by atoms with Crippen LogP contribution in [0.1, 0.15) is 24.5 Å². The third kappa shape index (κ3) is 2.74. The number of carboxylic acids is 1. The van der Waals surface area contributed by atoms with Gasteiger partial charge in [0, 0.05) is 6.54 Å². The van der Waals surface area contributed by atoms with Crippen LogP contribution in [0, 0.1) is 23.1 Å². The van der Waals surface area contributed by atoms with Crippen molar-refractivity contribution >= 4 is 5.97 Å². The zero-order valence-electron chi connectivity index (χ0n) is 10.6. The van der Waals surface area contributed by atoms with Gasteiger partial charge in [-0.1, -0.05) is 6.92 Å². The summed E-state index contributed by atoms with van der Waals surface area (Å²) in [6, 6.07) is 5.43. The van der Waals surface area contributed by atoms with Gasteiger partial charge in [-0.15, -0.1) is 0 Å². The monoisotopic (exact) mass is 262 g/mol. The lowest BCUT2D eigenvalue weighted by atomic mass is 10.0. The summed E-state index contributed by atoms with van der Waals surface area (Å²) in [5.74, 6) is -1.20. The van der Waals surface area contributed by atoms with Gasteiger partial charge in [-0.2, -0.15) is 5.26 Å². The summed E-state index contributed by atoms with van der Waals surface area (Å²) >= 11 is 0. The Bertz CT molecular complexity index is 539. The minimum Gasteiger partial charge on any atom is -0.480 e. The Balaban J connectivity index is 2.24. The Kier molecular flexibility index (Phi) is 3.82. The first kappa shape index (κ1) is 13.5. The molecule has 0 saturated carbocycles. The molecule has 0 spiro atoms. The Labute approximate surface area is 111 Å². The molecule has 2 atom stereocenters. The Hall–Kier alpha value is -1.93. The maximum atomic E-state index is 13.2. The van der Waals surface area contributed by atoms with E-state index in [1.807, 2.05) is 13.0 Å². The molecule has 19 heavy (non-hydrogen) atoms. The van der Waals surface area contributed by atoms with E-state index >= 15 is 0 Å². The Morgan fingerprint density at radius 3 is 3.00 bits per heavy atom. The van der Waals surface area contributed by atoms with E-state index in [1.165, 1.54) is 18.2 Å². The van der Waals surface area contributed by atoms with Gasteiger partial charge < -0.3 is 5.11 Å². The van der Waals surface area contributed by atoms with E-state index in [1.54, 1.807) is 4.90 Å². The van der Waals surface area contributed by atoms with Crippen molar-refractivity contribution in [2.45, 2.75) is 25.9 Å². The van der Waals surface area contributed by atoms with Gasteiger partial charge in [0.05, 0.1) is 11.6 Å². The minimum atomic E-state index is -0.861. The molecule has 1 aromatic rings. The number of hydrogen-bond acceptors (Lipinski definition) is 3. The lowest BCUT2D eigenvalue weighted by Gasteiger charge is -2.23. The SMILES string of the molecule is CC1CCN(Cc2cc(F)ccc2C#N)C1C(=O)O. The number of hydrogen-bond donors (Lipinski definition) is 1. The van der Waals surface area contributed by atoms with Gasteiger partial charge in [0.25, 0.3) is 0 Å². The van der Waals surface area contributed by atoms with Gasteiger partial charge in [-0.25, -0.2) is 4.39 Å². The first-order valence-corrected chi connectivity index (χ1v) is 6.18. The predicted molar refractivity (Wildman–Crippen MR) is 66.7 cm³/mol. The molecule has 5 heteroatoms. The van der Waals surface area contributed by atoms with Crippen LogP contribution in [0.5, 0.6) is 0 Å². The van der Waals surface area contributed by atoms with Gasteiger partial charge in [0.1, 0.15) is 11.9 Å². The quantitative estimate of drug-likeness (QED) is 0.904. The van der Waals surface area contributed by atoms with E-state index in [9.17, 15) is 14.3 Å². The van der Waals surface area contributed by atoms with Crippen molar-refractivity contribution < 1.29 is 14.3 Å². The lowest BCUT2D eigenvalue weighted by molar-refractivity contribution is -0.143. The molecule has 1 aliphatic heterocycles. The summed E-state index contributed by atoms with van der Waals surface area (Å²) in [6.45, 7) is 2.84. The van der Waals surface area contributed by atoms with Crippen LogP contribution in [0.3, 0.4) is 0 Å². The number of aliphatic carboxylic acids is 1. The molecule has 100 valence electrons. The number of nitriles is 1. The maximum absolute atomic E-state index is 13.2. The normalized spacial score (nSPS) is 23.2. The van der Waals surface area contributed by atoms with Gasteiger partial charge in [-0.3, -0.25) is 9.69 Å². The summed E-state index contributed by atoms with van der Waals surface area (Å²) in [6.07, 6.45) is 0.800. The predicted octanol–water partition coefficient (Wildman–Crippen LogP) is 1.99. The van der Waals surface area contributed by atoms with Crippen molar-refractivity contribution in [2.24, 2.45) is 5.92 Å². The summed E-state index contributed by atoms with van der Waals surface area (Å²) in [4.78, 5) is 13.0. The average molecular weight is 262 g/mol. The third-order valence-electron chi connectivity index (χ3n) is 3.62. The van der Waals surface area contributed by atoms with Gasteiger partial charge in [-0.05, 0) is 42.6 Å². The van der Waals surface area contributed by atoms with Crippen molar-refractivity contribution in [2.75, 3.05) is 6.54 Å². The van der Waals surface area contributed by atoms with Crippen molar-refractivity contribution in [3.8, 4) is 6.07 Å². The second kappa shape index (κ2) is 5.37. The molecule has 1 N–H and O–H groups in total. The maximum Gasteiger partial charge on any atom is 0.321 e. The first-order valence-electron chi connectivity index (χ1n) is 6.18. The fourth-order valence-electron chi connectivity index (χ4n) is 2.62. The highest BCUT2D eigenvalue weighted by atomic mass is 19.1. The van der Waals surface area contributed by atoms with E-state index in [4.69, 9.17) is 5.26 Å². The molecule has 0 radical (unpaired) electrons. The number of halogens is 1. The number of carbonyl (C=O) groups is 1. The number of benzene rings is 1. The molecule has 0 aliphatic carbocycles. The second-order valence-electron chi connectivity index (χ2n) is 4.93. The molecule has 1 fully saturated rings. The van der Waals surface area contributed by atoms with Crippen LogP contribution >= 0.6 is 0 Å². The fourth-order valence-corrected chi connectivity index (χ4v) is 2.62. The molecule has 1 saturated heterocycles. The average Bonchev–Trinajstić information content (AvgIpc) is 2.71. The number of likely N-dealkylation sites (tertiary alicyclic amines) is 1. The molecule has 1 aliphatic rings. The molecule has 0 aromatic heterocycles. The van der Waals surface area contributed by atoms with Crippen LogP contribution < -0.4 is 0 Å². The van der Waals surface area contributed by atoms with Crippen molar-refractivity contribution in [1.82, 2.24) is 4.90 Å². The van der Waals surface area contributed by atoms with E-state index in [0.29, 0.717) is 24.2 Å². The topological polar surface area (TPSA) is 64.3 Å². The molecule has 0 bridgehead atoms. The summed E-state index contributed by atoms with van der Waals surface area (Å²) in [7, 11) is 0. The largest absolute Gasteiger partial charge is 0.480 e. The Morgan fingerprint density at radius 1 is 1.63 bits per heavy atom. The molecular formula is C14H15FN2O2. The Morgan fingerprint density at radius 2 is 2.37 bits per heavy atom. The zero-order chi connectivity index (χ0) is 14.0. The molecule has 2 unspecified atom stereocenters. The van der Waals surface area contributed by atoms with Crippen LogP contribution in [0.2, 0.25) is 0 Å². The highest BCUT2D eigenvalue weighted by molar-refractivity contribution is 5.74. The molecule has 1 aromatic carbocycles. The summed E-state index contributed by atoms with van der Waals surface area (Å²) in [5.41, 5.74) is 0.938.